The van der Waals surface area contributed by atoms with E-state index in [-0.39, 0.29) is 0 Å². The summed E-state index contributed by atoms with van der Waals surface area (Å²) < 4.78 is 10.8. The number of hydrogen-bond donors (Lipinski definition) is 0. The molecule has 4 rings (SSSR count). The highest BCUT2D eigenvalue weighted by molar-refractivity contribution is 6.17. The van der Waals surface area contributed by atoms with E-state index in [1.807, 2.05) is 12.1 Å². The molecule has 0 unspecified atom stereocenters. The highest BCUT2D eigenvalue weighted by Crippen LogP contribution is 2.34. The first-order chi connectivity index (χ1) is 10.8. The van der Waals surface area contributed by atoms with Crippen molar-refractivity contribution < 1.29 is 9.47 Å². The molecule has 0 saturated carbocycles. The van der Waals surface area contributed by atoms with E-state index < -0.39 is 0 Å². The summed E-state index contributed by atoms with van der Waals surface area (Å²) in [5, 5.41) is 7.32. The monoisotopic (exact) mass is 288 g/mol. The number of fused-ring (bicyclic) bond motifs is 5. The summed E-state index contributed by atoms with van der Waals surface area (Å²) in [7, 11) is 3.40. The molecule has 22 heavy (non-hydrogen) atoms. The van der Waals surface area contributed by atoms with Crippen molar-refractivity contribution in [1.82, 2.24) is 0 Å². The molecule has 4 aromatic carbocycles. The van der Waals surface area contributed by atoms with Crippen molar-refractivity contribution in [2.75, 3.05) is 14.2 Å². The van der Waals surface area contributed by atoms with E-state index in [1.165, 1.54) is 32.3 Å². The second-order valence-corrected chi connectivity index (χ2v) is 5.40. The predicted octanol–water partition coefficient (Wildman–Crippen LogP) is 5.16. The van der Waals surface area contributed by atoms with Crippen molar-refractivity contribution in [3.8, 4) is 11.5 Å². The number of rotatable bonds is 2. The standard InChI is InChI=1S/C20H16O2/c1-21-15-7-3-13-5-10-18-17(19(13)11-15)9-6-14-4-8-16(22-2)12-20(14)18/h3-12H,1-2H3. The summed E-state index contributed by atoms with van der Waals surface area (Å²) in [4.78, 5) is 0. The van der Waals surface area contributed by atoms with E-state index in [0.717, 1.165) is 11.5 Å². The first-order valence-electron chi connectivity index (χ1n) is 7.27. The summed E-state index contributed by atoms with van der Waals surface area (Å²) in [6.45, 7) is 0. The zero-order valence-corrected chi connectivity index (χ0v) is 12.6. The largest absolute Gasteiger partial charge is 0.497 e. The van der Waals surface area contributed by atoms with Crippen LogP contribution in [0.25, 0.3) is 32.3 Å². The fourth-order valence-corrected chi connectivity index (χ4v) is 3.08. The highest BCUT2D eigenvalue weighted by atomic mass is 16.5. The zero-order valence-electron chi connectivity index (χ0n) is 12.6. The van der Waals surface area contributed by atoms with E-state index in [4.69, 9.17) is 9.47 Å². The van der Waals surface area contributed by atoms with Gasteiger partial charge in [0.2, 0.25) is 0 Å². The topological polar surface area (TPSA) is 18.5 Å². The molecule has 2 heteroatoms. The van der Waals surface area contributed by atoms with Crippen LogP contribution in [0.3, 0.4) is 0 Å². The van der Waals surface area contributed by atoms with Gasteiger partial charge in [-0.15, -0.1) is 0 Å². The molecule has 0 N–H and O–H groups in total. The lowest BCUT2D eigenvalue weighted by atomic mass is 9.97. The third kappa shape index (κ3) is 1.88. The van der Waals surface area contributed by atoms with E-state index in [0.29, 0.717) is 0 Å². The molecular weight excluding hydrogens is 272 g/mol. The Labute approximate surface area is 128 Å². The van der Waals surface area contributed by atoms with Crippen LogP contribution in [0.1, 0.15) is 0 Å². The van der Waals surface area contributed by atoms with Crippen molar-refractivity contribution in [3.05, 3.63) is 60.7 Å². The molecule has 0 amide bonds. The van der Waals surface area contributed by atoms with E-state index in [9.17, 15) is 0 Å². The Morgan fingerprint density at radius 1 is 0.500 bits per heavy atom. The van der Waals surface area contributed by atoms with Crippen LogP contribution in [0.5, 0.6) is 11.5 Å². The van der Waals surface area contributed by atoms with Gasteiger partial charge in [-0.1, -0.05) is 36.4 Å². The minimum Gasteiger partial charge on any atom is -0.497 e. The zero-order chi connectivity index (χ0) is 15.1. The normalized spacial score (nSPS) is 11.2. The Morgan fingerprint density at radius 2 is 0.909 bits per heavy atom. The molecular formula is C20H16O2. The summed E-state index contributed by atoms with van der Waals surface area (Å²) in [6.07, 6.45) is 0. The highest BCUT2D eigenvalue weighted by Gasteiger charge is 2.06. The van der Waals surface area contributed by atoms with E-state index >= 15 is 0 Å². The van der Waals surface area contributed by atoms with Crippen LogP contribution >= 0.6 is 0 Å². The Hall–Kier alpha value is -2.74. The summed E-state index contributed by atoms with van der Waals surface area (Å²) in [5.74, 6) is 1.76. The van der Waals surface area contributed by atoms with Gasteiger partial charge in [-0.2, -0.15) is 0 Å². The van der Waals surface area contributed by atoms with Gasteiger partial charge in [-0.3, -0.25) is 0 Å². The van der Waals surface area contributed by atoms with Crippen LogP contribution in [0, 0.1) is 0 Å². The lowest BCUT2D eigenvalue weighted by Crippen LogP contribution is -1.86. The SMILES string of the molecule is COc1ccc2ccc3c4cc(OC)ccc4ccc3c2c1. The van der Waals surface area contributed by atoms with Gasteiger partial charge in [0.15, 0.2) is 0 Å². The summed E-state index contributed by atoms with van der Waals surface area (Å²) in [5.41, 5.74) is 0. The smallest absolute Gasteiger partial charge is 0.119 e. The average Bonchev–Trinajstić information content (AvgIpc) is 2.60. The molecule has 0 radical (unpaired) electrons. The molecule has 0 aromatic heterocycles. The Kier molecular flexibility index (Phi) is 2.90. The molecule has 0 bridgehead atoms. The molecule has 0 aliphatic heterocycles. The fourth-order valence-electron chi connectivity index (χ4n) is 3.08. The molecule has 2 nitrogen and oxygen atoms in total. The Balaban J connectivity index is 2.15. The van der Waals surface area contributed by atoms with Gasteiger partial charge in [0.05, 0.1) is 14.2 Å². The average molecular weight is 288 g/mol. The maximum Gasteiger partial charge on any atom is 0.119 e. The number of benzene rings is 4. The van der Waals surface area contributed by atoms with Gasteiger partial charge >= 0.3 is 0 Å². The molecule has 0 aliphatic rings. The van der Waals surface area contributed by atoms with Crippen LogP contribution in [0.2, 0.25) is 0 Å². The van der Waals surface area contributed by atoms with Crippen molar-refractivity contribution in [1.29, 1.82) is 0 Å². The van der Waals surface area contributed by atoms with Gasteiger partial charge in [-0.05, 0) is 56.6 Å². The molecule has 0 fully saturated rings. The third-order valence-electron chi connectivity index (χ3n) is 4.25. The van der Waals surface area contributed by atoms with Crippen molar-refractivity contribution in [2.24, 2.45) is 0 Å². The van der Waals surface area contributed by atoms with Gasteiger partial charge in [-0.25, -0.2) is 0 Å². The quantitative estimate of drug-likeness (QED) is 0.474. The molecule has 0 aliphatic carbocycles. The van der Waals surface area contributed by atoms with Crippen LogP contribution in [-0.2, 0) is 0 Å². The minimum absolute atomic E-state index is 0.880. The van der Waals surface area contributed by atoms with Crippen molar-refractivity contribution >= 4 is 32.3 Å². The maximum absolute atomic E-state index is 5.38. The molecule has 0 atom stereocenters. The van der Waals surface area contributed by atoms with E-state index in [2.05, 4.69) is 48.5 Å². The van der Waals surface area contributed by atoms with Crippen molar-refractivity contribution in [3.63, 3.8) is 0 Å². The number of hydrogen-bond acceptors (Lipinski definition) is 2. The van der Waals surface area contributed by atoms with Crippen molar-refractivity contribution in [2.45, 2.75) is 0 Å². The second-order valence-electron chi connectivity index (χ2n) is 5.40. The van der Waals surface area contributed by atoms with Crippen LogP contribution in [0.4, 0.5) is 0 Å². The molecule has 0 spiro atoms. The summed E-state index contributed by atoms with van der Waals surface area (Å²) >= 11 is 0. The van der Waals surface area contributed by atoms with Crippen LogP contribution < -0.4 is 9.47 Å². The minimum atomic E-state index is 0.880. The molecule has 0 saturated heterocycles. The Morgan fingerprint density at radius 3 is 1.32 bits per heavy atom. The van der Waals surface area contributed by atoms with Gasteiger partial charge < -0.3 is 9.47 Å². The van der Waals surface area contributed by atoms with Gasteiger partial charge in [0.1, 0.15) is 11.5 Å². The maximum atomic E-state index is 5.38. The predicted molar refractivity (Wildman–Crippen MR) is 92.1 cm³/mol. The summed E-state index contributed by atoms with van der Waals surface area (Å²) in [6, 6.07) is 21.1. The fraction of sp³-hybridized carbons (Fsp3) is 0.100. The first-order valence-corrected chi connectivity index (χ1v) is 7.27. The molecule has 4 aromatic rings. The first kappa shape index (κ1) is 13.0. The van der Waals surface area contributed by atoms with E-state index in [1.54, 1.807) is 14.2 Å². The lowest BCUT2D eigenvalue weighted by molar-refractivity contribution is 0.415. The lowest BCUT2D eigenvalue weighted by Gasteiger charge is -2.10. The number of ether oxygens (including phenoxy) is 2. The molecule has 108 valence electrons. The van der Waals surface area contributed by atoms with Crippen LogP contribution in [0.15, 0.2) is 60.7 Å². The number of methoxy groups -OCH3 is 2. The van der Waals surface area contributed by atoms with Gasteiger partial charge in [0, 0.05) is 0 Å². The molecule has 0 heterocycles. The Bertz CT molecular complexity index is 919. The van der Waals surface area contributed by atoms with Gasteiger partial charge in [0.25, 0.3) is 0 Å². The second kappa shape index (κ2) is 4.92. The van der Waals surface area contributed by atoms with Crippen LogP contribution in [-0.4, -0.2) is 14.2 Å². The third-order valence-corrected chi connectivity index (χ3v) is 4.25.